The fourth-order valence-electron chi connectivity index (χ4n) is 2.16. The predicted octanol–water partition coefficient (Wildman–Crippen LogP) is 2.55. The van der Waals surface area contributed by atoms with Crippen LogP contribution in [0.3, 0.4) is 0 Å². The fraction of sp³-hybridized carbons (Fsp3) is 0.438. The summed E-state index contributed by atoms with van der Waals surface area (Å²) in [5.41, 5.74) is 2.22. The molecule has 0 fully saturated rings. The van der Waals surface area contributed by atoms with Crippen molar-refractivity contribution >= 4 is 10.9 Å². The Balaban J connectivity index is 2.09. The molecule has 0 radical (unpaired) electrons. The normalized spacial score (nSPS) is 12.7. The van der Waals surface area contributed by atoms with Gasteiger partial charge in [-0.3, -0.25) is 4.98 Å². The molecule has 0 aliphatic heterocycles. The summed E-state index contributed by atoms with van der Waals surface area (Å²) in [4.78, 5) is 4.41. The summed E-state index contributed by atoms with van der Waals surface area (Å²) < 4.78 is 10.6. The molecule has 2 rings (SSSR count). The van der Waals surface area contributed by atoms with Crippen molar-refractivity contribution in [2.75, 3.05) is 33.5 Å². The first kappa shape index (κ1) is 14.9. The Kier molecular flexibility index (Phi) is 5.92. The standard InChI is InChI=1S/C16H22N2O2/c1-3-17-16(12-20-10-9-19-2)14-7-6-13-5-4-8-18-15(13)11-14/h4-8,11,16-17H,3,9-10,12H2,1-2H3. The molecule has 108 valence electrons. The highest BCUT2D eigenvalue weighted by molar-refractivity contribution is 5.78. The van der Waals surface area contributed by atoms with E-state index < -0.39 is 0 Å². The average Bonchev–Trinajstić information content (AvgIpc) is 2.50. The summed E-state index contributed by atoms with van der Waals surface area (Å²) in [7, 11) is 1.68. The molecule has 0 bridgehead atoms. The van der Waals surface area contributed by atoms with Crippen molar-refractivity contribution in [1.82, 2.24) is 10.3 Å². The highest BCUT2D eigenvalue weighted by atomic mass is 16.5. The van der Waals surface area contributed by atoms with Gasteiger partial charge in [0.15, 0.2) is 0 Å². The van der Waals surface area contributed by atoms with Gasteiger partial charge in [-0.05, 0) is 24.2 Å². The van der Waals surface area contributed by atoms with Crippen molar-refractivity contribution in [3.63, 3.8) is 0 Å². The number of fused-ring (bicyclic) bond motifs is 1. The molecule has 4 heteroatoms. The van der Waals surface area contributed by atoms with Gasteiger partial charge < -0.3 is 14.8 Å². The predicted molar refractivity (Wildman–Crippen MR) is 80.9 cm³/mol. The van der Waals surface area contributed by atoms with Gasteiger partial charge in [0.1, 0.15) is 0 Å². The van der Waals surface area contributed by atoms with Gasteiger partial charge >= 0.3 is 0 Å². The van der Waals surface area contributed by atoms with Crippen LogP contribution in [0.4, 0.5) is 0 Å². The lowest BCUT2D eigenvalue weighted by Crippen LogP contribution is -2.26. The van der Waals surface area contributed by atoms with E-state index >= 15 is 0 Å². The number of nitrogens with one attached hydrogen (secondary N) is 1. The second-order valence-electron chi connectivity index (χ2n) is 4.63. The van der Waals surface area contributed by atoms with Crippen LogP contribution >= 0.6 is 0 Å². The number of benzene rings is 1. The third-order valence-electron chi connectivity index (χ3n) is 3.20. The highest BCUT2D eigenvalue weighted by Gasteiger charge is 2.11. The van der Waals surface area contributed by atoms with Crippen LogP contribution in [0, 0.1) is 0 Å². The molecule has 0 spiro atoms. The van der Waals surface area contributed by atoms with Crippen molar-refractivity contribution in [2.45, 2.75) is 13.0 Å². The molecular weight excluding hydrogens is 252 g/mol. The molecular formula is C16H22N2O2. The van der Waals surface area contributed by atoms with Crippen LogP contribution in [-0.2, 0) is 9.47 Å². The molecule has 0 saturated heterocycles. The molecule has 1 aromatic heterocycles. The summed E-state index contributed by atoms with van der Waals surface area (Å²) in [5.74, 6) is 0. The first-order valence-corrected chi connectivity index (χ1v) is 7.00. The average molecular weight is 274 g/mol. The number of hydrogen-bond donors (Lipinski definition) is 1. The van der Waals surface area contributed by atoms with E-state index in [4.69, 9.17) is 9.47 Å². The molecule has 0 aliphatic carbocycles. The number of likely N-dealkylation sites (N-methyl/N-ethyl adjacent to an activating group) is 1. The van der Waals surface area contributed by atoms with E-state index in [2.05, 4.69) is 41.5 Å². The lowest BCUT2D eigenvalue weighted by atomic mass is 10.0. The molecule has 1 aromatic carbocycles. The molecule has 1 atom stereocenters. The summed E-state index contributed by atoms with van der Waals surface area (Å²) in [6.07, 6.45) is 1.82. The zero-order chi connectivity index (χ0) is 14.2. The van der Waals surface area contributed by atoms with Gasteiger partial charge in [0.05, 0.1) is 31.4 Å². The van der Waals surface area contributed by atoms with Crippen molar-refractivity contribution in [3.8, 4) is 0 Å². The second kappa shape index (κ2) is 7.94. The SMILES string of the molecule is CCNC(COCCOC)c1ccc2cccnc2c1. The first-order valence-electron chi connectivity index (χ1n) is 7.00. The van der Waals surface area contributed by atoms with Crippen molar-refractivity contribution in [2.24, 2.45) is 0 Å². The van der Waals surface area contributed by atoms with E-state index in [1.807, 2.05) is 12.3 Å². The van der Waals surface area contributed by atoms with Gasteiger partial charge in [-0.1, -0.05) is 25.1 Å². The third-order valence-corrected chi connectivity index (χ3v) is 3.20. The van der Waals surface area contributed by atoms with E-state index in [1.165, 1.54) is 5.56 Å². The van der Waals surface area contributed by atoms with E-state index in [-0.39, 0.29) is 6.04 Å². The summed E-state index contributed by atoms with van der Waals surface area (Å²) in [6, 6.07) is 10.6. The summed E-state index contributed by atoms with van der Waals surface area (Å²) >= 11 is 0. The number of hydrogen-bond acceptors (Lipinski definition) is 4. The zero-order valence-corrected chi connectivity index (χ0v) is 12.1. The van der Waals surface area contributed by atoms with Gasteiger partial charge in [-0.2, -0.15) is 0 Å². The van der Waals surface area contributed by atoms with Crippen LogP contribution < -0.4 is 5.32 Å². The fourth-order valence-corrected chi connectivity index (χ4v) is 2.16. The quantitative estimate of drug-likeness (QED) is 0.751. The van der Waals surface area contributed by atoms with E-state index in [0.29, 0.717) is 19.8 Å². The maximum atomic E-state index is 5.65. The lowest BCUT2D eigenvalue weighted by molar-refractivity contribution is 0.0588. The smallest absolute Gasteiger partial charge is 0.0705 e. The number of methoxy groups -OCH3 is 1. The number of aromatic nitrogens is 1. The Bertz CT molecular complexity index is 531. The summed E-state index contributed by atoms with van der Waals surface area (Å²) in [5, 5.41) is 4.61. The van der Waals surface area contributed by atoms with Crippen LogP contribution in [0.2, 0.25) is 0 Å². The Labute approximate surface area is 120 Å². The Hall–Kier alpha value is -1.49. The zero-order valence-electron chi connectivity index (χ0n) is 12.1. The molecule has 4 nitrogen and oxygen atoms in total. The van der Waals surface area contributed by atoms with Gasteiger partial charge in [-0.15, -0.1) is 0 Å². The molecule has 1 N–H and O–H groups in total. The maximum absolute atomic E-state index is 5.65. The molecule has 1 unspecified atom stereocenters. The maximum Gasteiger partial charge on any atom is 0.0705 e. The lowest BCUT2D eigenvalue weighted by Gasteiger charge is -2.18. The van der Waals surface area contributed by atoms with Crippen LogP contribution in [0.15, 0.2) is 36.5 Å². The van der Waals surface area contributed by atoms with Crippen molar-refractivity contribution in [1.29, 1.82) is 0 Å². The van der Waals surface area contributed by atoms with E-state index in [9.17, 15) is 0 Å². The topological polar surface area (TPSA) is 43.4 Å². The molecule has 0 aliphatic rings. The Morgan fingerprint density at radius 3 is 2.95 bits per heavy atom. The minimum absolute atomic E-state index is 0.184. The molecule has 0 saturated carbocycles. The number of pyridine rings is 1. The van der Waals surface area contributed by atoms with Crippen LogP contribution in [0.25, 0.3) is 10.9 Å². The highest BCUT2D eigenvalue weighted by Crippen LogP contribution is 2.19. The first-order chi connectivity index (χ1) is 9.85. The molecule has 2 aromatic rings. The van der Waals surface area contributed by atoms with Gasteiger partial charge in [0.2, 0.25) is 0 Å². The van der Waals surface area contributed by atoms with Gasteiger partial charge in [0.25, 0.3) is 0 Å². The summed E-state index contributed by atoms with van der Waals surface area (Å²) in [6.45, 7) is 4.87. The Morgan fingerprint density at radius 2 is 2.15 bits per heavy atom. The monoisotopic (exact) mass is 274 g/mol. The van der Waals surface area contributed by atoms with Crippen LogP contribution in [0.5, 0.6) is 0 Å². The van der Waals surface area contributed by atoms with Crippen molar-refractivity contribution in [3.05, 3.63) is 42.1 Å². The number of ether oxygens (including phenoxy) is 2. The molecule has 20 heavy (non-hydrogen) atoms. The number of rotatable bonds is 8. The van der Waals surface area contributed by atoms with Crippen LogP contribution in [-0.4, -0.2) is 38.5 Å². The minimum atomic E-state index is 0.184. The largest absolute Gasteiger partial charge is 0.382 e. The van der Waals surface area contributed by atoms with Crippen LogP contribution in [0.1, 0.15) is 18.5 Å². The Morgan fingerprint density at radius 1 is 1.25 bits per heavy atom. The third kappa shape index (κ3) is 4.00. The minimum Gasteiger partial charge on any atom is -0.382 e. The number of nitrogens with zero attached hydrogens (tertiary/aromatic N) is 1. The van der Waals surface area contributed by atoms with E-state index in [0.717, 1.165) is 17.4 Å². The van der Waals surface area contributed by atoms with Crippen molar-refractivity contribution < 1.29 is 9.47 Å². The molecule has 1 heterocycles. The molecule has 0 amide bonds. The van der Waals surface area contributed by atoms with Gasteiger partial charge in [0, 0.05) is 18.7 Å². The second-order valence-corrected chi connectivity index (χ2v) is 4.63. The van der Waals surface area contributed by atoms with Gasteiger partial charge in [-0.25, -0.2) is 0 Å². The van der Waals surface area contributed by atoms with E-state index in [1.54, 1.807) is 7.11 Å².